The number of nitrogens with one attached hydrogen (secondary N) is 1. The van der Waals surface area contributed by atoms with Crippen LogP contribution < -0.4 is 5.32 Å². The van der Waals surface area contributed by atoms with E-state index in [4.69, 9.17) is 0 Å². The molecule has 0 aliphatic rings. The molecule has 0 aliphatic carbocycles. The second-order valence-electron chi connectivity index (χ2n) is 5.73. The lowest BCUT2D eigenvalue weighted by atomic mass is 10.0. The average molecular weight is 293 g/mol. The molecule has 21 heavy (non-hydrogen) atoms. The number of rotatable bonds is 7. The summed E-state index contributed by atoms with van der Waals surface area (Å²) in [4.78, 5) is 24.6. The Morgan fingerprint density at radius 2 is 1.95 bits per heavy atom. The molecular weight excluding hydrogens is 270 g/mol. The molecule has 0 bridgehead atoms. The van der Waals surface area contributed by atoms with E-state index in [0.29, 0.717) is 12.5 Å². The Bertz CT molecular complexity index is 501. The quantitative estimate of drug-likeness (QED) is 0.618. The molecule has 1 aromatic rings. The van der Waals surface area contributed by atoms with E-state index in [0.717, 1.165) is 6.42 Å². The first kappa shape index (κ1) is 17.1. The Hall–Kier alpha value is -1.95. The third-order valence-electron chi connectivity index (χ3n) is 3.32. The second-order valence-corrected chi connectivity index (χ2v) is 5.73. The van der Waals surface area contributed by atoms with Crippen LogP contribution in [0.4, 0.5) is 5.69 Å². The normalized spacial score (nSPS) is 12.5. The van der Waals surface area contributed by atoms with Gasteiger partial charge in [0.15, 0.2) is 0 Å². The van der Waals surface area contributed by atoms with Crippen molar-refractivity contribution in [1.29, 1.82) is 0 Å². The van der Waals surface area contributed by atoms with Crippen molar-refractivity contribution in [3.8, 4) is 0 Å². The predicted octanol–water partition coefficient (Wildman–Crippen LogP) is 2.30. The van der Waals surface area contributed by atoms with E-state index < -0.39 is 10.8 Å². The first-order valence-corrected chi connectivity index (χ1v) is 7.01. The molecule has 0 spiro atoms. The summed E-state index contributed by atoms with van der Waals surface area (Å²) in [6, 6.07) is 6.19. The fraction of sp³-hybridized carbons (Fsp3) is 0.533. The van der Waals surface area contributed by atoms with Gasteiger partial charge >= 0.3 is 0 Å². The third kappa shape index (κ3) is 5.15. The molecule has 1 amide bonds. The number of nitrogens with zero attached hydrogens (tertiary/aromatic N) is 2. The topological polar surface area (TPSA) is 75.5 Å². The standard InChI is InChI=1S/C15H23N3O3/c1-11(2)9-12(17(3)4)10-16-15(19)13-7-5-6-8-14(13)18(20)21/h5-8,11-12H,9-10H2,1-4H3,(H,16,19)/t12-/m1/s1. The molecule has 0 saturated heterocycles. The lowest BCUT2D eigenvalue weighted by Crippen LogP contribution is -2.41. The van der Waals surface area contributed by atoms with Crippen LogP contribution in [0.25, 0.3) is 0 Å². The van der Waals surface area contributed by atoms with Crippen LogP contribution in [-0.2, 0) is 0 Å². The van der Waals surface area contributed by atoms with E-state index in [9.17, 15) is 14.9 Å². The molecule has 0 aromatic heterocycles. The smallest absolute Gasteiger partial charge is 0.282 e. The molecule has 1 N–H and O–H groups in total. The van der Waals surface area contributed by atoms with Crippen LogP contribution in [0.3, 0.4) is 0 Å². The Morgan fingerprint density at radius 3 is 2.48 bits per heavy atom. The number of nitro benzene ring substituents is 1. The van der Waals surface area contributed by atoms with E-state index in [-0.39, 0.29) is 17.3 Å². The summed E-state index contributed by atoms with van der Waals surface area (Å²) in [5.41, 5.74) is -0.0650. The van der Waals surface area contributed by atoms with Crippen molar-refractivity contribution in [2.75, 3.05) is 20.6 Å². The van der Waals surface area contributed by atoms with Crippen molar-refractivity contribution < 1.29 is 9.72 Å². The molecule has 6 nitrogen and oxygen atoms in total. The summed E-state index contributed by atoms with van der Waals surface area (Å²) in [5, 5.41) is 13.7. The van der Waals surface area contributed by atoms with Gasteiger partial charge in [0.25, 0.3) is 11.6 Å². The Labute approximate surface area is 125 Å². The Morgan fingerprint density at radius 1 is 1.33 bits per heavy atom. The van der Waals surface area contributed by atoms with Gasteiger partial charge in [-0.25, -0.2) is 0 Å². The summed E-state index contributed by atoms with van der Waals surface area (Å²) in [7, 11) is 3.92. The Kier molecular flexibility index (Phi) is 6.30. The van der Waals surface area contributed by atoms with Gasteiger partial charge in [0.2, 0.25) is 0 Å². The molecule has 0 saturated carbocycles. The highest BCUT2D eigenvalue weighted by molar-refractivity contribution is 5.98. The molecule has 0 radical (unpaired) electrons. The maximum absolute atomic E-state index is 12.1. The van der Waals surface area contributed by atoms with E-state index >= 15 is 0 Å². The number of carbonyl (C=O) groups excluding carboxylic acids is 1. The van der Waals surface area contributed by atoms with Crippen LogP contribution in [-0.4, -0.2) is 42.4 Å². The highest BCUT2D eigenvalue weighted by Gasteiger charge is 2.20. The number of hydrogen-bond acceptors (Lipinski definition) is 4. The van der Waals surface area contributed by atoms with E-state index in [1.807, 2.05) is 14.1 Å². The molecule has 0 heterocycles. The monoisotopic (exact) mass is 293 g/mol. The number of benzene rings is 1. The SMILES string of the molecule is CC(C)C[C@H](CNC(=O)c1ccccc1[N+](=O)[O-])N(C)C. The average Bonchev–Trinajstić information content (AvgIpc) is 2.42. The van der Waals surface area contributed by atoms with E-state index in [1.54, 1.807) is 12.1 Å². The maximum Gasteiger partial charge on any atom is 0.282 e. The highest BCUT2D eigenvalue weighted by atomic mass is 16.6. The van der Waals surface area contributed by atoms with Crippen molar-refractivity contribution >= 4 is 11.6 Å². The lowest BCUT2D eigenvalue weighted by molar-refractivity contribution is -0.385. The summed E-state index contributed by atoms with van der Waals surface area (Å²) in [6.45, 7) is 4.72. The molecule has 1 atom stereocenters. The molecule has 1 aromatic carbocycles. The first-order valence-electron chi connectivity index (χ1n) is 7.01. The van der Waals surface area contributed by atoms with Gasteiger partial charge in [-0.2, -0.15) is 0 Å². The van der Waals surface area contributed by atoms with Gasteiger partial charge in [-0.15, -0.1) is 0 Å². The van der Waals surface area contributed by atoms with Gasteiger partial charge in [0.05, 0.1) is 4.92 Å². The van der Waals surface area contributed by atoms with Crippen LogP contribution in [0.5, 0.6) is 0 Å². The van der Waals surface area contributed by atoms with Crippen LogP contribution in [0.15, 0.2) is 24.3 Å². The number of hydrogen-bond donors (Lipinski definition) is 1. The van der Waals surface area contributed by atoms with Crippen LogP contribution >= 0.6 is 0 Å². The number of nitro groups is 1. The van der Waals surface area contributed by atoms with Crippen molar-refractivity contribution in [1.82, 2.24) is 10.2 Å². The fourth-order valence-corrected chi connectivity index (χ4v) is 2.15. The number of carbonyl (C=O) groups is 1. The van der Waals surface area contributed by atoms with Crippen LogP contribution in [0.1, 0.15) is 30.6 Å². The number of amides is 1. The summed E-state index contributed by atoms with van der Waals surface area (Å²) in [6.07, 6.45) is 0.949. The largest absolute Gasteiger partial charge is 0.350 e. The summed E-state index contributed by atoms with van der Waals surface area (Å²) < 4.78 is 0. The predicted molar refractivity (Wildman–Crippen MR) is 82.4 cm³/mol. The van der Waals surface area contributed by atoms with E-state index in [1.165, 1.54) is 12.1 Å². The number of likely N-dealkylation sites (N-methyl/N-ethyl adjacent to an activating group) is 1. The molecule has 0 unspecified atom stereocenters. The highest BCUT2D eigenvalue weighted by Crippen LogP contribution is 2.17. The van der Waals surface area contributed by atoms with Crippen molar-refractivity contribution in [2.45, 2.75) is 26.3 Å². The summed E-state index contributed by atoms with van der Waals surface area (Å²) >= 11 is 0. The van der Waals surface area contributed by atoms with Gasteiger partial charge in [0, 0.05) is 18.7 Å². The molecule has 116 valence electrons. The molecule has 0 fully saturated rings. The van der Waals surface area contributed by atoms with Crippen molar-refractivity contribution in [3.05, 3.63) is 39.9 Å². The number of para-hydroxylation sites is 1. The second kappa shape index (κ2) is 7.73. The minimum atomic E-state index is -0.535. The van der Waals surface area contributed by atoms with E-state index in [2.05, 4.69) is 24.1 Å². The van der Waals surface area contributed by atoms with Gasteiger partial charge in [0.1, 0.15) is 5.56 Å². The van der Waals surface area contributed by atoms with Crippen LogP contribution in [0, 0.1) is 16.0 Å². The molecule has 6 heteroatoms. The lowest BCUT2D eigenvalue weighted by Gasteiger charge is -2.26. The van der Waals surface area contributed by atoms with Gasteiger partial charge in [-0.3, -0.25) is 14.9 Å². The van der Waals surface area contributed by atoms with Gasteiger partial charge in [-0.05, 0) is 32.5 Å². The zero-order valence-electron chi connectivity index (χ0n) is 13.0. The minimum Gasteiger partial charge on any atom is -0.350 e. The molecule has 0 aliphatic heterocycles. The fourth-order valence-electron chi connectivity index (χ4n) is 2.15. The third-order valence-corrected chi connectivity index (χ3v) is 3.32. The first-order chi connectivity index (χ1) is 9.82. The van der Waals surface area contributed by atoms with Gasteiger partial charge in [-0.1, -0.05) is 26.0 Å². The van der Waals surface area contributed by atoms with Crippen molar-refractivity contribution in [2.24, 2.45) is 5.92 Å². The van der Waals surface area contributed by atoms with Crippen LogP contribution in [0.2, 0.25) is 0 Å². The Balaban J connectivity index is 2.75. The maximum atomic E-state index is 12.1. The van der Waals surface area contributed by atoms with Gasteiger partial charge < -0.3 is 10.2 Å². The zero-order chi connectivity index (χ0) is 16.0. The summed E-state index contributed by atoms with van der Waals surface area (Å²) in [5.74, 6) is 0.110. The minimum absolute atomic E-state index is 0.101. The van der Waals surface area contributed by atoms with Crippen molar-refractivity contribution in [3.63, 3.8) is 0 Å². The molecule has 1 rings (SSSR count). The molecular formula is C15H23N3O3. The zero-order valence-corrected chi connectivity index (χ0v) is 13.0.